The van der Waals surface area contributed by atoms with Crippen LogP contribution >= 0.6 is 11.6 Å². The van der Waals surface area contributed by atoms with Gasteiger partial charge in [0.2, 0.25) is 0 Å². The molecule has 1 fully saturated rings. The number of aliphatic carboxylic acids is 1. The number of halogens is 1. The van der Waals surface area contributed by atoms with Crippen LogP contribution in [0.25, 0.3) is 10.9 Å². The van der Waals surface area contributed by atoms with E-state index in [-0.39, 0.29) is 0 Å². The molecule has 1 aromatic carbocycles. The molecule has 0 spiro atoms. The molecule has 0 amide bonds. The van der Waals surface area contributed by atoms with Crippen molar-refractivity contribution in [2.75, 3.05) is 0 Å². The molecule has 3 rings (SSSR count). The van der Waals surface area contributed by atoms with Crippen molar-refractivity contribution < 1.29 is 9.90 Å². The minimum atomic E-state index is -0.722. The third-order valence-corrected chi connectivity index (χ3v) is 4.41. The Morgan fingerprint density at radius 2 is 2.17 bits per heavy atom. The Kier molecular flexibility index (Phi) is 2.42. The number of hydrogen-bond donors (Lipinski definition) is 1. The maximum atomic E-state index is 11.5. The van der Waals surface area contributed by atoms with Gasteiger partial charge < -0.3 is 9.67 Å². The molecule has 1 N–H and O–H groups in total. The summed E-state index contributed by atoms with van der Waals surface area (Å²) in [6, 6.07) is 5.82. The van der Waals surface area contributed by atoms with Gasteiger partial charge in [-0.2, -0.15) is 0 Å². The lowest BCUT2D eigenvalue weighted by atomic mass is 9.64. The third-order valence-electron chi connectivity index (χ3n) is 4.11. The molecule has 0 atom stereocenters. The maximum absolute atomic E-state index is 11.5. The Bertz CT molecular complexity index is 641. The van der Waals surface area contributed by atoms with E-state index in [9.17, 15) is 9.90 Å². The highest BCUT2D eigenvalue weighted by molar-refractivity contribution is 6.35. The molecule has 0 aliphatic heterocycles. The fourth-order valence-electron chi connectivity index (χ4n) is 2.80. The van der Waals surface area contributed by atoms with E-state index >= 15 is 0 Å². The second kappa shape index (κ2) is 3.75. The smallest absolute Gasteiger partial charge is 0.314 e. The van der Waals surface area contributed by atoms with Crippen LogP contribution in [0.2, 0.25) is 5.02 Å². The van der Waals surface area contributed by atoms with Gasteiger partial charge in [-0.05, 0) is 30.5 Å². The van der Waals surface area contributed by atoms with Crippen molar-refractivity contribution in [3.05, 3.63) is 35.0 Å². The summed E-state index contributed by atoms with van der Waals surface area (Å²) >= 11 is 6.17. The van der Waals surface area contributed by atoms with E-state index in [0.717, 1.165) is 35.7 Å². The number of carbonyl (C=O) groups is 1. The first kappa shape index (κ1) is 11.6. The first-order chi connectivity index (χ1) is 8.54. The summed E-state index contributed by atoms with van der Waals surface area (Å²) in [4.78, 5) is 11.5. The predicted molar refractivity (Wildman–Crippen MR) is 71.1 cm³/mol. The maximum Gasteiger partial charge on any atom is 0.314 e. The largest absolute Gasteiger partial charge is 0.481 e. The average Bonchev–Trinajstić information content (AvgIpc) is 2.52. The Hall–Kier alpha value is -1.48. The molecule has 18 heavy (non-hydrogen) atoms. The zero-order valence-corrected chi connectivity index (χ0v) is 10.9. The van der Waals surface area contributed by atoms with Crippen LogP contribution in [0.1, 0.15) is 24.8 Å². The lowest BCUT2D eigenvalue weighted by molar-refractivity contribution is -0.147. The van der Waals surface area contributed by atoms with E-state index in [0.29, 0.717) is 5.02 Å². The molecule has 2 aromatic rings. The van der Waals surface area contributed by atoms with Crippen molar-refractivity contribution in [1.29, 1.82) is 0 Å². The van der Waals surface area contributed by atoms with Gasteiger partial charge in [0, 0.05) is 24.1 Å². The van der Waals surface area contributed by atoms with Gasteiger partial charge in [0.15, 0.2) is 0 Å². The molecule has 0 radical (unpaired) electrons. The number of carboxylic acid groups (broad SMARTS) is 1. The Morgan fingerprint density at radius 1 is 1.44 bits per heavy atom. The Labute approximate surface area is 110 Å². The summed E-state index contributed by atoms with van der Waals surface area (Å²) in [6.07, 6.45) is 4.27. The summed E-state index contributed by atoms with van der Waals surface area (Å²) < 4.78 is 1.95. The van der Waals surface area contributed by atoms with Crippen LogP contribution in [0.3, 0.4) is 0 Å². The first-order valence-corrected chi connectivity index (χ1v) is 6.41. The standard InChI is InChI=1S/C14H14ClNO2/c1-16-8-11(15)10-7-9(3-4-12(10)16)14(13(17)18)5-2-6-14/h3-4,7-8H,2,5-6H2,1H3,(H,17,18). The van der Waals surface area contributed by atoms with Gasteiger partial charge in [0.05, 0.1) is 10.4 Å². The fraction of sp³-hybridized carbons (Fsp3) is 0.357. The SMILES string of the molecule is Cn1cc(Cl)c2cc(C3(C(=O)O)CCC3)ccc21. The highest BCUT2D eigenvalue weighted by atomic mass is 35.5. The van der Waals surface area contributed by atoms with Crippen LogP contribution in [0.4, 0.5) is 0 Å². The number of benzene rings is 1. The molecule has 1 aromatic heterocycles. The molecular weight excluding hydrogens is 250 g/mol. The number of rotatable bonds is 2. The Morgan fingerprint density at radius 3 is 2.72 bits per heavy atom. The van der Waals surface area contributed by atoms with Gasteiger partial charge in [0.1, 0.15) is 0 Å². The Balaban J connectivity index is 2.19. The quantitative estimate of drug-likeness (QED) is 0.903. The van der Waals surface area contributed by atoms with Gasteiger partial charge in [-0.1, -0.05) is 24.1 Å². The second-order valence-electron chi connectivity index (χ2n) is 5.06. The summed E-state index contributed by atoms with van der Waals surface area (Å²) in [5.41, 5.74) is 1.22. The van der Waals surface area contributed by atoms with Crippen LogP contribution < -0.4 is 0 Å². The van der Waals surface area contributed by atoms with Crippen molar-refractivity contribution in [1.82, 2.24) is 4.57 Å². The lowest BCUT2D eigenvalue weighted by Gasteiger charge is -2.38. The van der Waals surface area contributed by atoms with Gasteiger partial charge >= 0.3 is 5.97 Å². The molecule has 1 aliphatic rings. The number of carboxylic acids is 1. The summed E-state index contributed by atoms with van der Waals surface area (Å²) in [5, 5.41) is 11.1. The second-order valence-corrected chi connectivity index (χ2v) is 5.47. The summed E-state index contributed by atoms with van der Waals surface area (Å²) in [7, 11) is 1.93. The molecule has 0 bridgehead atoms. The highest BCUT2D eigenvalue weighted by Crippen LogP contribution is 2.45. The van der Waals surface area contributed by atoms with Gasteiger partial charge in [-0.15, -0.1) is 0 Å². The monoisotopic (exact) mass is 263 g/mol. The van der Waals surface area contributed by atoms with Gasteiger partial charge in [-0.3, -0.25) is 4.79 Å². The van der Waals surface area contributed by atoms with Crippen molar-refractivity contribution in [3.63, 3.8) is 0 Å². The molecule has 1 saturated carbocycles. The van der Waals surface area contributed by atoms with Crippen molar-refractivity contribution >= 4 is 28.5 Å². The topological polar surface area (TPSA) is 42.2 Å². The first-order valence-electron chi connectivity index (χ1n) is 6.03. The summed E-state index contributed by atoms with van der Waals surface area (Å²) in [6.45, 7) is 0. The number of fused-ring (bicyclic) bond motifs is 1. The van der Waals surface area contributed by atoms with Crippen LogP contribution in [-0.4, -0.2) is 15.6 Å². The van der Waals surface area contributed by atoms with E-state index in [1.807, 2.05) is 36.0 Å². The fourth-order valence-corrected chi connectivity index (χ4v) is 3.10. The van der Waals surface area contributed by atoms with E-state index in [1.165, 1.54) is 0 Å². The van der Waals surface area contributed by atoms with Crippen LogP contribution in [-0.2, 0) is 17.3 Å². The predicted octanol–water partition coefficient (Wildman–Crippen LogP) is 3.34. The van der Waals surface area contributed by atoms with Crippen LogP contribution in [0, 0.1) is 0 Å². The molecule has 0 unspecified atom stereocenters. The highest BCUT2D eigenvalue weighted by Gasteiger charge is 2.45. The zero-order chi connectivity index (χ0) is 12.9. The van der Waals surface area contributed by atoms with Gasteiger partial charge in [-0.25, -0.2) is 0 Å². The zero-order valence-electron chi connectivity index (χ0n) is 10.1. The number of hydrogen-bond acceptors (Lipinski definition) is 1. The van der Waals surface area contributed by atoms with Crippen molar-refractivity contribution in [2.24, 2.45) is 7.05 Å². The normalized spacial score (nSPS) is 17.7. The molecule has 94 valence electrons. The minimum Gasteiger partial charge on any atom is -0.481 e. The van der Waals surface area contributed by atoms with Crippen LogP contribution in [0.5, 0.6) is 0 Å². The third kappa shape index (κ3) is 1.40. The van der Waals surface area contributed by atoms with E-state index in [1.54, 1.807) is 0 Å². The average molecular weight is 264 g/mol. The van der Waals surface area contributed by atoms with E-state index in [4.69, 9.17) is 11.6 Å². The molecule has 1 heterocycles. The van der Waals surface area contributed by atoms with Crippen LogP contribution in [0.15, 0.2) is 24.4 Å². The molecule has 0 saturated heterocycles. The minimum absolute atomic E-state index is 0.675. The molecule has 1 aliphatic carbocycles. The van der Waals surface area contributed by atoms with E-state index in [2.05, 4.69) is 0 Å². The van der Waals surface area contributed by atoms with Gasteiger partial charge in [0.25, 0.3) is 0 Å². The number of aromatic nitrogens is 1. The summed E-state index contributed by atoms with van der Waals surface area (Å²) in [5.74, 6) is -0.722. The molecular formula is C14H14ClNO2. The molecule has 4 heteroatoms. The van der Waals surface area contributed by atoms with Crippen molar-refractivity contribution in [2.45, 2.75) is 24.7 Å². The molecule has 3 nitrogen and oxygen atoms in total. The van der Waals surface area contributed by atoms with E-state index < -0.39 is 11.4 Å². The van der Waals surface area contributed by atoms with Crippen molar-refractivity contribution in [3.8, 4) is 0 Å². The number of nitrogens with zero attached hydrogens (tertiary/aromatic N) is 1. The lowest BCUT2D eigenvalue weighted by Crippen LogP contribution is -2.42. The number of aryl methyl sites for hydroxylation is 1.